The molecule has 0 aromatic heterocycles. The van der Waals surface area contributed by atoms with E-state index in [1.54, 1.807) is 6.08 Å². The van der Waals surface area contributed by atoms with Gasteiger partial charge < -0.3 is 5.11 Å². The molecular weight excluding hydrogens is 164 g/mol. The van der Waals surface area contributed by atoms with Crippen LogP contribution < -0.4 is 0 Å². The lowest BCUT2D eigenvalue weighted by Crippen LogP contribution is -2.03. The molecule has 2 nitrogen and oxygen atoms in total. The van der Waals surface area contributed by atoms with E-state index in [1.165, 1.54) is 0 Å². The van der Waals surface area contributed by atoms with Gasteiger partial charge in [-0.1, -0.05) is 30.9 Å². The molecule has 0 unspecified atom stereocenters. The number of hydrogen-bond acceptors (Lipinski definition) is 1. The molecule has 0 spiro atoms. The van der Waals surface area contributed by atoms with Gasteiger partial charge in [-0.3, -0.25) is 4.79 Å². The minimum Gasteiger partial charge on any atom is -0.481 e. The number of hydrogen-bond donors (Lipinski definition) is 1. The van der Waals surface area contributed by atoms with Crippen molar-refractivity contribution < 1.29 is 9.90 Å². The zero-order valence-corrected chi connectivity index (χ0v) is 7.58. The van der Waals surface area contributed by atoms with E-state index < -0.39 is 5.97 Å². The second-order valence-corrected chi connectivity index (χ2v) is 2.92. The van der Waals surface area contributed by atoms with Crippen LogP contribution in [0.15, 0.2) is 24.8 Å². The Hall–Kier alpha value is -1.57. The molecule has 0 saturated carbocycles. The number of aliphatic carboxylic acids is 1. The van der Waals surface area contributed by atoms with Crippen LogP contribution in [-0.4, -0.2) is 11.1 Å². The van der Waals surface area contributed by atoms with E-state index in [1.807, 2.05) is 25.1 Å². The summed E-state index contributed by atoms with van der Waals surface area (Å²) >= 11 is 0. The van der Waals surface area contributed by atoms with Crippen LogP contribution in [0.1, 0.15) is 16.7 Å². The highest BCUT2D eigenvalue weighted by Gasteiger charge is 2.06. The first-order valence-electron chi connectivity index (χ1n) is 4.08. The molecule has 0 aliphatic heterocycles. The van der Waals surface area contributed by atoms with Crippen LogP contribution in [-0.2, 0) is 11.2 Å². The van der Waals surface area contributed by atoms with Crippen LogP contribution in [0, 0.1) is 6.92 Å². The van der Waals surface area contributed by atoms with Crippen LogP contribution >= 0.6 is 0 Å². The Bertz CT molecular complexity index is 340. The molecular formula is C11H12O2. The Morgan fingerprint density at radius 1 is 1.62 bits per heavy atom. The van der Waals surface area contributed by atoms with E-state index in [9.17, 15) is 4.79 Å². The smallest absolute Gasteiger partial charge is 0.307 e. The monoisotopic (exact) mass is 176 g/mol. The lowest BCUT2D eigenvalue weighted by atomic mass is 9.99. The molecule has 0 bridgehead atoms. The summed E-state index contributed by atoms with van der Waals surface area (Å²) in [6, 6.07) is 5.68. The van der Waals surface area contributed by atoms with Crippen molar-refractivity contribution in [1.29, 1.82) is 0 Å². The Kier molecular flexibility index (Phi) is 2.85. The first-order valence-corrected chi connectivity index (χ1v) is 4.08. The molecule has 0 atom stereocenters. The topological polar surface area (TPSA) is 37.3 Å². The third-order valence-corrected chi connectivity index (χ3v) is 1.99. The van der Waals surface area contributed by atoms with Crippen molar-refractivity contribution in [3.8, 4) is 0 Å². The number of carbonyl (C=O) groups is 1. The van der Waals surface area contributed by atoms with Crippen molar-refractivity contribution in [2.24, 2.45) is 0 Å². The molecule has 0 fully saturated rings. The van der Waals surface area contributed by atoms with E-state index in [0.717, 1.165) is 16.7 Å². The van der Waals surface area contributed by atoms with Crippen molar-refractivity contribution in [2.45, 2.75) is 13.3 Å². The third kappa shape index (κ3) is 2.18. The fourth-order valence-corrected chi connectivity index (χ4v) is 1.31. The maximum Gasteiger partial charge on any atom is 0.307 e. The van der Waals surface area contributed by atoms with Gasteiger partial charge in [0, 0.05) is 0 Å². The predicted molar refractivity (Wildman–Crippen MR) is 52.6 cm³/mol. The highest BCUT2D eigenvalue weighted by atomic mass is 16.4. The summed E-state index contributed by atoms with van der Waals surface area (Å²) in [4.78, 5) is 10.6. The van der Waals surface area contributed by atoms with Crippen LogP contribution in [0.5, 0.6) is 0 Å². The largest absolute Gasteiger partial charge is 0.481 e. The average Bonchev–Trinajstić information content (AvgIpc) is 2.08. The Labute approximate surface area is 77.5 Å². The highest BCUT2D eigenvalue weighted by Crippen LogP contribution is 2.15. The summed E-state index contributed by atoms with van der Waals surface area (Å²) in [5.41, 5.74) is 2.76. The summed E-state index contributed by atoms with van der Waals surface area (Å²) in [6.07, 6.45) is 1.75. The number of carboxylic acid groups (broad SMARTS) is 1. The highest BCUT2D eigenvalue weighted by molar-refractivity contribution is 5.73. The Morgan fingerprint density at radius 2 is 2.31 bits per heavy atom. The second kappa shape index (κ2) is 3.90. The Balaban J connectivity index is 3.14. The van der Waals surface area contributed by atoms with Gasteiger partial charge in [-0.05, 0) is 23.6 Å². The molecule has 0 radical (unpaired) electrons. The first-order chi connectivity index (χ1) is 6.15. The molecule has 0 aliphatic rings. The van der Waals surface area contributed by atoms with Crippen molar-refractivity contribution in [3.63, 3.8) is 0 Å². The number of aryl methyl sites for hydroxylation is 1. The van der Waals surface area contributed by atoms with Gasteiger partial charge >= 0.3 is 5.97 Å². The fourth-order valence-electron chi connectivity index (χ4n) is 1.31. The van der Waals surface area contributed by atoms with E-state index >= 15 is 0 Å². The Morgan fingerprint density at radius 3 is 2.85 bits per heavy atom. The van der Waals surface area contributed by atoms with Gasteiger partial charge in [0.1, 0.15) is 0 Å². The van der Waals surface area contributed by atoms with Crippen LogP contribution in [0.3, 0.4) is 0 Å². The maximum atomic E-state index is 10.6. The molecule has 1 aromatic rings. The summed E-state index contributed by atoms with van der Waals surface area (Å²) in [5.74, 6) is -0.808. The molecule has 1 N–H and O–H groups in total. The summed E-state index contributed by atoms with van der Waals surface area (Å²) in [5, 5.41) is 8.68. The summed E-state index contributed by atoms with van der Waals surface area (Å²) in [6.45, 7) is 5.56. The van der Waals surface area contributed by atoms with Gasteiger partial charge in [-0.15, -0.1) is 0 Å². The number of rotatable bonds is 3. The van der Waals surface area contributed by atoms with Gasteiger partial charge in [0.25, 0.3) is 0 Å². The van der Waals surface area contributed by atoms with Gasteiger partial charge in [-0.2, -0.15) is 0 Å². The molecule has 0 saturated heterocycles. The lowest BCUT2D eigenvalue weighted by Gasteiger charge is -2.06. The quantitative estimate of drug-likeness (QED) is 0.767. The summed E-state index contributed by atoms with van der Waals surface area (Å²) in [7, 11) is 0. The number of benzene rings is 1. The zero-order chi connectivity index (χ0) is 9.84. The predicted octanol–water partition coefficient (Wildman–Crippen LogP) is 2.27. The van der Waals surface area contributed by atoms with Crippen LogP contribution in [0.4, 0.5) is 0 Å². The number of carboxylic acids is 1. The van der Waals surface area contributed by atoms with Crippen molar-refractivity contribution in [1.82, 2.24) is 0 Å². The molecule has 68 valence electrons. The molecule has 13 heavy (non-hydrogen) atoms. The van der Waals surface area contributed by atoms with Crippen LogP contribution in [0.2, 0.25) is 0 Å². The van der Waals surface area contributed by atoms with Crippen molar-refractivity contribution >= 4 is 12.0 Å². The van der Waals surface area contributed by atoms with Crippen molar-refractivity contribution in [3.05, 3.63) is 41.5 Å². The minimum atomic E-state index is -0.808. The van der Waals surface area contributed by atoms with Gasteiger partial charge in [0.15, 0.2) is 0 Å². The molecule has 2 heteroatoms. The van der Waals surface area contributed by atoms with Gasteiger partial charge in [0.2, 0.25) is 0 Å². The summed E-state index contributed by atoms with van der Waals surface area (Å²) < 4.78 is 0. The SMILES string of the molecule is C=Cc1cccc(C)c1CC(=O)O. The third-order valence-electron chi connectivity index (χ3n) is 1.99. The minimum absolute atomic E-state index is 0.0635. The maximum absolute atomic E-state index is 10.6. The molecule has 0 heterocycles. The van der Waals surface area contributed by atoms with E-state index in [0.29, 0.717) is 0 Å². The molecule has 1 rings (SSSR count). The molecule has 1 aromatic carbocycles. The molecule has 0 amide bonds. The van der Waals surface area contributed by atoms with E-state index in [2.05, 4.69) is 6.58 Å². The van der Waals surface area contributed by atoms with Gasteiger partial charge in [0.05, 0.1) is 6.42 Å². The van der Waals surface area contributed by atoms with E-state index in [-0.39, 0.29) is 6.42 Å². The van der Waals surface area contributed by atoms with Crippen molar-refractivity contribution in [2.75, 3.05) is 0 Å². The first kappa shape index (κ1) is 9.52. The average molecular weight is 176 g/mol. The second-order valence-electron chi connectivity index (χ2n) is 2.92. The van der Waals surface area contributed by atoms with Gasteiger partial charge in [-0.25, -0.2) is 0 Å². The standard InChI is InChI=1S/C11H12O2/c1-3-9-6-4-5-8(2)10(9)7-11(12)13/h3-6H,1,7H2,2H3,(H,12,13). The molecule has 0 aliphatic carbocycles. The fraction of sp³-hybridized carbons (Fsp3) is 0.182. The zero-order valence-electron chi connectivity index (χ0n) is 7.58. The normalized spacial score (nSPS) is 9.62. The van der Waals surface area contributed by atoms with E-state index in [4.69, 9.17) is 5.11 Å². The lowest BCUT2D eigenvalue weighted by molar-refractivity contribution is -0.136. The van der Waals surface area contributed by atoms with Crippen LogP contribution in [0.25, 0.3) is 6.08 Å².